The zero-order chi connectivity index (χ0) is 13.8. The van der Waals surface area contributed by atoms with Gasteiger partial charge in [-0.15, -0.1) is 11.3 Å². The van der Waals surface area contributed by atoms with Crippen molar-refractivity contribution in [3.63, 3.8) is 0 Å². The highest BCUT2D eigenvalue weighted by Gasteiger charge is 2.12. The molecule has 0 aliphatic carbocycles. The van der Waals surface area contributed by atoms with Gasteiger partial charge in [0.15, 0.2) is 0 Å². The number of nitrogens with zero attached hydrogens (tertiary/aromatic N) is 1. The topological polar surface area (TPSA) is 76.5 Å². The van der Waals surface area contributed by atoms with E-state index in [9.17, 15) is 9.00 Å². The molecule has 0 fully saturated rings. The van der Waals surface area contributed by atoms with E-state index >= 15 is 0 Å². The lowest BCUT2D eigenvalue weighted by Gasteiger charge is -2.02. The summed E-state index contributed by atoms with van der Waals surface area (Å²) in [4.78, 5) is 15.3. The quantitative estimate of drug-likeness (QED) is 0.915. The van der Waals surface area contributed by atoms with Gasteiger partial charge in [-0.2, -0.15) is 0 Å². The van der Waals surface area contributed by atoms with Crippen LogP contribution in [0.3, 0.4) is 0 Å². The fraction of sp³-hybridized carbons (Fsp3) is 0.167. The number of carbonyl (C=O) groups is 1. The minimum Gasteiger partial charge on any atom is -0.497 e. The third-order valence-electron chi connectivity index (χ3n) is 2.34. The van der Waals surface area contributed by atoms with Crippen LogP contribution in [-0.2, 0) is 16.6 Å². The minimum atomic E-state index is -1.25. The standard InChI is InChI=1S/C12H11NO4S2/c1-17-9-2-4-10(5-3-9)19(16)7-8-6-18-11(13-8)12(14)15/h2-6H,7H2,1H3,(H,14,15). The number of methoxy groups -OCH3 is 1. The summed E-state index contributed by atoms with van der Waals surface area (Å²) in [5, 5.41) is 10.4. The summed E-state index contributed by atoms with van der Waals surface area (Å²) in [6, 6.07) is 6.91. The Hall–Kier alpha value is -1.73. The maximum atomic E-state index is 12.1. The van der Waals surface area contributed by atoms with Crippen molar-refractivity contribution in [3.8, 4) is 5.75 Å². The summed E-state index contributed by atoms with van der Waals surface area (Å²) in [7, 11) is 0.315. The molecule has 1 aromatic carbocycles. The fourth-order valence-corrected chi connectivity index (χ4v) is 3.20. The van der Waals surface area contributed by atoms with Crippen molar-refractivity contribution in [2.75, 3.05) is 7.11 Å². The second-order valence-electron chi connectivity index (χ2n) is 3.61. The number of hydrogen-bond donors (Lipinski definition) is 1. The first-order valence-electron chi connectivity index (χ1n) is 5.30. The van der Waals surface area contributed by atoms with Gasteiger partial charge < -0.3 is 9.84 Å². The number of thiazole rings is 1. The van der Waals surface area contributed by atoms with Gasteiger partial charge in [0.1, 0.15) is 5.75 Å². The van der Waals surface area contributed by atoms with Crippen LogP contribution in [0.4, 0.5) is 0 Å². The second-order valence-corrected chi connectivity index (χ2v) is 5.92. The number of rotatable bonds is 5. The van der Waals surface area contributed by atoms with Crippen LogP contribution in [0, 0.1) is 0 Å². The molecule has 0 saturated heterocycles. The number of carboxylic acids is 1. The Bertz CT molecular complexity index is 606. The van der Waals surface area contributed by atoms with Gasteiger partial charge in [0.05, 0.1) is 29.4 Å². The molecule has 0 bridgehead atoms. The molecule has 0 saturated carbocycles. The van der Waals surface area contributed by atoms with Crippen LogP contribution < -0.4 is 4.74 Å². The van der Waals surface area contributed by atoms with Crippen molar-refractivity contribution in [2.24, 2.45) is 0 Å². The molecule has 2 rings (SSSR count). The Kier molecular flexibility index (Phi) is 4.28. The Labute approximate surface area is 116 Å². The van der Waals surface area contributed by atoms with Crippen molar-refractivity contribution in [2.45, 2.75) is 10.6 Å². The Morgan fingerprint density at radius 3 is 2.63 bits per heavy atom. The maximum Gasteiger partial charge on any atom is 0.365 e. The molecule has 5 nitrogen and oxygen atoms in total. The summed E-state index contributed by atoms with van der Waals surface area (Å²) in [6.45, 7) is 0. The van der Waals surface area contributed by atoms with Gasteiger partial charge >= 0.3 is 5.97 Å². The van der Waals surface area contributed by atoms with E-state index in [0.717, 1.165) is 11.3 Å². The van der Waals surface area contributed by atoms with Gasteiger partial charge in [0.25, 0.3) is 0 Å². The van der Waals surface area contributed by atoms with Crippen molar-refractivity contribution < 1.29 is 18.8 Å². The summed E-state index contributed by atoms with van der Waals surface area (Å²) >= 11 is 1.04. The van der Waals surface area contributed by atoms with Gasteiger partial charge in [-0.05, 0) is 24.3 Å². The summed E-state index contributed by atoms with van der Waals surface area (Å²) in [5.74, 6) is -0.162. The highest BCUT2D eigenvalue weighted by Crippen LogP contribution is 2.18. The van der Waals surface area contributed by atoms with E-state index in [4.69, 9.17) is 9.84 Å². The van der Waals surface area contributed by atoms with E-state index in [0.29, 0.717) is 16.3 Å². The van der Waals surface area contributed by atoms with E-state index in [1.807, 2.05) is 0 Å². The lowest BCUT2D eigenvalue weighted by molar-refractivity contribution is 0.0696. The van der Waals surface area contributed by atoms with Crippen molar-refractivity contribution in [3.05, 3.63) is 40.3 Å². The van der Waals surface area contributed by atoms with Crippen LogP contribution >= 0.6 is 11.3 Å². The zero-order valence-electron chi connectivity index (χ0n) is 10.0. The van der Waals surface area contributed by atoms with E-state index in [1.165, 1.54) is 0 Å². The highest BCUT2D eigenvalue weighted by molar-refractivity contribution is 7.84. The van der Waals surface area contributed by atoms with E-state index < -0.39 is 16.8 Å². The Morgan fingerprint density at radius 1 is 1.42 bits per heavy atom. The van der Waals surface area contributed by atoms with E-state index in [1.54, 1.807) is 36.8 Å². The maximum absolute atomic E-state index is 12.1. The second kappa shape index (κ2) is 5.94. The van der Waals surface area contributed by atoms with Crippen LogP contribution in [0.5, 0.6) is 5.75 Å². The van der Waals surface area contributed by atoms with Crippen molar-refractivity contribution >= 4 is 28.1 Å². The largest absolute Gasteiger partial charge is 0.497 e. The number of benzene rings is 1. The molecule has 19 heavy (non-hydrogen) atoms. The third kappa shape index (κ3) is 3.39. The van der Waals surface area contributed by atoms with E-state index in [-0.39, 0.29) is 10.8 Å². The molecule has 100 valence electrons. The third-order valence-corrected chi connectivity index (χ3v) is 4.57. The highest BCUT2D eigenvalue weighted by atomic mass is 32.2. The lowest BCUT2D eigenvalue weighted by Crippen LogP contribution is -1.99. The zero-order valence-corrected chi connectivity index (χ0v) is 11.7. The molecule has 1 aromatic heterocycles. The smallest absolute Gasteiger partial charge is 0.365 e. The van der Waals surface area contributed by atoms with Gasteiger partial charge in [0.2, 0.25) is 5.01 Å². The van der Waals surface area contributed by atoms with Gasteiger partial charge in [-0.1, -0.05) is 0 Å². The molecule has 1 heterocycles. The average molecular weight is 297 g/mol. The van der Waals surface area contributed by atoms with Crippen LogP contribution in [-0.4, -0.2) is 27.4 Å². The summed E-state index contributed by atoms with van der Waals surface area (Å²) in [5.41, 5.74) is 0.525. The van der Waals surface area contributed by atoms with Crippen LogP contribution in [0.2, 0.25) is 0 Å². The number of ether oxygens (including phenoxy) is 1. The first-order chi connectivity index (χ1) is 9.10. The van der Waals surface area contributed by atoms with Gasteiger partial charge in [0, 0.05) is 10.3 Å². The predicted molar refractivity (Wildman–Crippen MR) is 72.2 cm³/mol. The number of hydrogen-bond acceptors (Lipinski definition) is 5. The van der Waals surface area contributed by atoms with Crippen LogP contribution in [0.15, 0.2) is 34.5 Å². The summed E-state index contributed by atoms with van der Waals surface area (Å²) < 4.78 is 17.1. The Balaban J connectivity index is 2.08. The molecule has 1 unspecified atom stereocenters. The summed E-state index contributed by atoms with van der Waals surface area (Å²) in [6.07, 6.45) is 0. The molecule has 7 heteroatoms. The number of aromatic carboxylic acids is 1. The molecular weight excluding hydrogens is 286 g/mol. The first kappa shape index (κ1) is 13.7. The van der Waals surface area contributed by atoms with Crippen LogP contribution in [0.25, 0.3) is 0 Å². The number of aromatic nitrogens is 1. The predicted octanol–water partition coefficient (Wildman–Crippen LogP) is 2.16. The number of carboxylic acid groups (broad SMARTS) is 1. The molecule has 0 spiro atoms. The average Bonchev–Trinajstić information content (AvgIpc) is 2.87. The first-order valence-corrected chi connectivity index (χ1v) is 7.50. The lowest BCUT2D eigenvalue weighted by atomic mass is 10.3. The molecular formula is C12H11NO4S2. The monoisotopic (exact) mass is 297 g/mol. The minimum absolute atomic E-state index is 0.0155. The molecule has 2 aromatic rings. The van der Waals surface area contributed by atoms with Gasteiger partial charge in [-0.25, -0.2) is 9.78 Å². The molecule has 0 aliphatic heterocycles. The van der Waals surface area contributed by atoms with E-state index in [2.05, 4.69) is 4.98 Å². The van der Waals surface area contributed by atoms with Crippen molar-refractivity contribution in [1.82, 2.24) is 4.98 Å². The SMILES string of the molecule is COc1ccc(S(=O)Cc2csc(C(=O)O)n2)cc1. The fourth-order valence-electron chi connectivity index (χ4n) is 1.42. The molecule has 0 radical (unpaired) electrons. The Morgan fingerprint density at radius 2 is 2.11 bits per heavy atom. The van der Waals surface area contributed by atoms with Crippen LogP contribution in [0.1, 0.15) is 15.5 Å². The van der Waals surface area contributed by atoms with Crippen molar-refractivity contribution in [1.29, 1.82) is 0 Å². The normalized spacial score (nSPS) is 12.1. The van der Waals surface area contributed by atoms with Gasteiger partial charge in [-0.3, -0.25) is 4.21 Å². The molecule has 0 amide bonds. The molecule has 0 aliphatic rings. The molecule has 1 N–H and O–H groups in total. The molecule has 1 atom stereocenters.